The van der Waals surface area contributed by atoms with Crippen LogP contribution in [0, 0.1) is 0 Å². The first-order valence-electron chi connectivity index (χ1n) is 19.2. The van der Waals surface area contributed by atoms with Crippen molar-refractivity contribution in [2.45, 2.75) is 112 Å². The van der Waals surface area contributed by atoms with Gasteiger partial charge in [-0.25, -0.2) is 0 Å². The average Bonchev–Trinajstić information content (AvgIpc) is 3.65. The molecule has 0 spiro atoms. The molecule has 0 saturated carbocycles. The molecule has 0 amide bonds. The molecule has 0 heterocycles. The van der Waals surface area contributed by atoms with Gasteiger partial charge in [0.25, 0.3) is 0 Å². The summed E-state index contributed by atoms with van der Waals surface area (Å²) in [6, 6.07) is 33.3. The second-order valence-electron chi connectivity index (χ2n) is 14.6. The molecule has 0 fully saturated rings. The Hall–Kier alpha value is -2.55. The molecule has 2 unspecified atom stereocenters. The Morgan fingerprint density at radius 1 is 0.479 bits per heavy atom. The van der Waals surface area contributed by atoms with Crippen LogP contribution >= 0.6 is 0 Å². The first-order chi connectivity index (χ1) is 23.5. The Morgan fingerprint density at radius 3 is 1.29 bits per heavy atom. The summed E-state index contributed by atoms with van der Waals surface area (Å²) in [4.78, 5) is 0. The van der Waals surface area contributed by atoms with E-state index < -0.39 is 26.6 Å². The molecular weight excluding hydrogens is 759 g/mol. The van der Waals surface area contributed by atoms with Crippen molar-refractivity contribution < 1.29 is 20.6 Å². The van der Waals surface area contributed by atoms with Crippen LogP contribution in [0.5, 0.6) is 0 Å². The number of hydrogen-bond donors (Lipinski definition) is 0. The van der Waals surface area contributed by atoms with Crippen molar-refractivity contribution in [2.24, 2.45) is 0 Å². The number of hydrogen-bond acceptors (Lipinski definition) is 0. The number of fused-ring (bicyclic) bond motifs is 2. The molecule has 2 atom stereocenters. The summed E-state index contributed by atoms with van der Waals surface area (Å²) < 4.78 is 1.41. The molecule has 48 heavy (non-hydrogen) atoms. The van der Waals surface area contributed by atoms with E-state index in [1.165, 1.54) is 84.7 Å². The fourth-order valence-electron chi connectivity index (χ4n) is 8.75. The summed E-state index contributed by atoms with van der Waals surface area (Å²) >= 11 is -2.43. The van der Waals surface area contributed by atoms with Crippen LogP contribution in [0.25, 0.3) is 34.4 Å². The summed E-state index contributed by atoms with van der Waals surface area (Å²) in [5.74, 6) is -0.944. The quantitative estimate of drug-likeness (QED) is 0.105. The monoisotopic (exact) mass is 817 g/mol. The van der Waals surface area contributed by atoms with Crippen molar-refractivity contribution in [3.8, 4) is 22.3 Å². The first-order valence-corrected chi connectivity index (χ1v) is 32.5. The molecule has 2 aliphatic carbocycles. The first kappa shape index (κ1) is 35.3. The van der Waals surface area contributed by atoms with E-state index in [-0.39, 0.29) is 0 Å². The number of allylic oxidation sites excluding steroid dienone is 2. The summed E-state index contributed by atoms with van der Waals surface area (Å²) in [7, 11) is 0. The van der Waals surface area contributed by atoms with Crippen LogP contribution in [0.3, 0.4) is 0 Å². The van der Waals surface area contributed by atoms with Crippen LogP contribution in [0.15, 0.2) is 96.1 Å². The Kier molecular flexibility index (Phi) is 12.1. The maximum atomic E-state index is 2.74. The second-order valence-corrected chi connectivity index (χ2v) is 42.6. The van der Waals surface area contributed by atoms with Crippen molar-refractivity contribution >= 4 is 18.1 Å². The third kappa shape index (κ3) is 7.04. The Balaban J connectivity index is 1.52. The fourth-order valence-corrected chi connectivity index (χ4v) is 41.2. The van der Waals surface area contributed by atoms with Gasteiger partial charge in [0.1, 0.15) is 0 Å². The number of aryl methyl sites for hydroxylation is 2. The van der Waals surface area contributed by atoms with Gasteiger partial charge in [-0.3, -0.25) is 0 Å². The zero-order valence-corrected chi connectivity index (χ0v) is 35.3. The van der Waals surface area contributed by atoms with Crippen molar-refractivity contribution in [2.75, 3.05) is 0 Å². The van der Waals surface area contributed by atoms with Gasteiger partial charge in [0, 0.05) is 0 Å². The van der Waals surface area contributed by atoms with Crippen LogP contribution < -0.4 is 0 Å². The van der Waals surface area contributed by atoms with Crippen LogP contribution in [0.4, 0.5) is 0 Å². The van der Waals surface area contributed by atoms with Gasteiger partial charge >= 0.3 is 303 Å². The zero-order valence-electron chi connectivity index (χ0n) is 30.5. The number of unbranched alkanes of at least 4 members (excludes halogenated alkanes) is 2. The molecule has 0 nitrogen and oxygen atoms in total. The summed E-state index contributed by atoms with van der Waals surface area (Å²) in [5.41, 5.74) is 19.0. The summed E-state index contributed by atoms with van der Waals surface area (Å²) in [5, 5.41) is 0. The molecular formula is C46H57HfSi. The molecule has 0 N–H and O–H groups in total. The van der Waals surface area contributed by atoms with Gasteiger partial charge in [-0.05, 0) is 0 Å². The van der Waals surface area contributed by atoms with Gasteiger partial charge < -0.3 is 0 Å². The zero-order chi connectivity index (χ0) is 33.6. The van der Waals surface area contributed by atoms with Gasteiger partial charge in [0.05, 0.1) is 0 Å². The SMILES string of the molecule is CCCCC1=Cc2c(-c3ccccc3CCC)cccc2[CH]1[Hf]([CH]1C(CCCC)=Cc2c(-c3ccccc3CCC)cccc21)[SiH](C)C. The summed E-state index contributed by atoms with van der Waals surface area (Å²) in [6.07, 6.45) is 17.8. The maximum absolute atomic E-state index is 2.74. The number of benzene rings is 4. The van der Waals surface area contributed by atoms with E-state index in [0.29, 0.717) is 7.35 Å². The molecule has 0 aromatic heterocycles. The van der Waals surface area contributed by atoms with Crippen LogP contribution in [0.1, 0.15) is 120 Å². The third-order valence-electron chi connectivity index (χ3n) is 10.9. The third-order valence-corrected chi connectivity index (χ3v) is 41.8. The van der Waals surface area contributed by atoms with Gasteiger partial charge in [0.2, 0.25) is 0 Å². The van der Waals surface area contributed by atoms with E-state index in [1.54, 1.807) is 33.4 Å². The van der Waals surface area contributed by atoms with E-state index in [9.17, 15) is 0 Å². The molecule has 0 aliphatic heterocycles. The molecule has 249 valence electrons. The summed E-state index contributed by atoms with van der Waals surface area (Å²) in [6.45, 7) is 14.9. The Labute approximate surface area is 300 Å². The van der Waals surface area contributed by atoms with E-state index in [2.05, 4.69) is 138 Å². The fraction of sp³-hybridized carbons (Fsp3) is 0.391. The predicted octanol–water partition coefficient (Wildman–Crippen LogP) is 13.5. The van der Waals surface area contributed by atoms with Crippen molar-refractivity contribution in [1.82, 2.24) is 0 Å². The van der Waals surface area contributed by atoms with Crippen LogP contribution in [-0.4, -0.2) is 5.98 Å². The van der Waals surface area contributed by atoms with Gasteiger partial charge in [0.15, 0.2) is 0 Å². The molecule has 0 bridgehead atoms. The molecule has 6 rings (SSSR count). The molecule has 0 saturated heterocycles. The molecule has 4 aromatic rings. The van der Waals surface area contributed by atoms with Gasteiger partial charge in [-0.15, -0.1) is 0 Å². The van der Waals surface area contributed by atoms with Crippen molar-refractivity contribution in [3.63, 3.8) is 0 Å². The average molecular weight is 817 g/mol. The van der Waals surface area contributed by atoms with Gasteiger partial charge in [-0.1, -0.05) is 0 Å². The van der Waals surface area contributed by atoms with E-state index >= 15 is 0 Å². The van der Waals surface area contributed by atoms with Crippen LogP contribution in [-0.2, 0) is 33.4 Å². The van der Waals surface area contributed by atoms with E-state index in [0.717, 1.165) is 12.8 Å². The minimum absolute atomic E-state index is 0.707. The van der Waals surface area contributed by atoms with E-state index in [4.69, 9.17) is 0 Å². The van der Waals surface area contributed by atoms with Crippen molar-refractivity contribution in [1.29, 1.82) is 0 Å². The Bertz CT molecular complexity index is 1650. The topological polar surface area (TPSA) is 0 Å². The molecule has 2 aliphatic rings. The predicted molar refractivity (Wildman–Crippen MR) is 211 cm³/mol. The van der Waals surface area contributed by atoms with Crippen molar-refractivity contribution in [3.05, 3.63) is 129 Å². The van der Waals surface area contributed by atoms with Crippen LogP contribution in [0.2, 0.25) is 13.1 Å². The molecule has 4 aromatic carbocycles. The Morgan fingerprint density at radius 2 is 0.896 bits per heavy atom. The normalized spacial score (nSPS) is 16.6. The molecule has 2 heteroatoms. The van der Waals surface area contributed by atoms with E-state index in [1.807, 2.05) is 0 Å². The van der Waals surface area contributed by atoms with Gasteiger partial charge in [-0.2, -0.15) is 0 Å². The number of rotatable bonds is 15. The standard InChI is InChI=1S/2C22H25.C2H7Si.Hf/c2*1-3-5-10-17-15-19-12-8-14-21(22(19)16-17)20-13-7-6-11-18(20)9-4-2;1-3-2;/h2*6-8,11-16H,3-5,9-10H2,1-2H3;3H,1-2H3;. The molecule has 0 radical (unpaired) electrons. The second kappa shape index (κ2) is 16.4. The minimum atomic E-state index is -2.43.